The summed E-state index contributed by atoms with van der Waals surface area (Å²) < 4.78 is 37.2. The van der Waals surface area contributed by atoms with E-state index in [-0.39, 0.29) is 12.4 Å². The number of rotatable bonds is 8. The summed E-state index contributed by atoms with van der Waals surface area (Å²) in [6, 6.07) is 15.0. The molecular formula is C28H31BF3N. The minimum absolute atomic E-state index is 0.0827. The predicted octanol–water partition coefficient (Wildman–Crippen LogP) is 6.95. The molecule has 0 bridgehead atoms. The van der Waals surface area contributed by atoms with E-state index in [9.17, 15) is 13.2 Å². The molecule has 0 aromatic heterocycles. The second kappa shape index (κ2) is 9.66. The third-order valence-corrected chi connectivity index (χ3v) is 6.98. The minimum atomic E-state index is -4.10. The van der Waals surface area contributed by atoms with Crippen molar-refractivity contribution in [1.29, 1.82) is 0 Å². The van der Waals surface area contributed by atoms with Crippen molar-refractivity contribution in [2.24, 2.45) is 0 Å². The monoisotopic (exact) mass is 449 g/mol. The van der Waals surface area contributed by atoms with Crippen molar-refractivity contribution >= 4 is 18.4 Å². The molecular weight excluding hydrogens is 418 g/mol. The fraction of sp³-hybridized carbons (Fsp3) is 0.357. The first-order chi connectivity index (χ1) is 15.7. The maximum atomic E-state index is 12.4. The van der Waals surface area contributed by atoms with Gasteiger partial charge >= 0.3 is 6.18 Å². The van der Waals surface area contributed by atoms with Gasteiger partial charge < -0.3 is 5.32 Å². The highest BCUT2D eigenvalue weighted by Crippen LogP contribution is 2.44. The van der Waals surface area contributed by atoms with Gasteiger partial charge in [-0.05, 0) is 83.3 Å². The van der Waals surface area contributed by atoms with Crippen LogP contribution in [0.2, 0.25) is 0 Å². The van der Waals surface area contributed by atoms with Crippen LogP contribution in [0, 0.1) is 0 Å². The molecule has 33 heavy (non-hydrogen) atoms. The van der Waals surface area contributed by atoms with E-state index >= 15 is 0 Å². The van der Waals surface area contributed by atoms with Gasteiger partial charge in [0.25, 0.3) is 0 Å². The second-order valence-corrected chi connectivity index (χ2v) is 9.50. The lowest BCUT2D eigenvalue weighted by Gasteiger charge is -2.29. The van der Waals surface area contributed by atoms with Gasteiger partial charge in [0.05, 0.1) is 0 Å². The molecule has 1 aliphatic heterocycles. The molecule has 1 aliphatic carbocycles. The van der Waals surface area contributed by atoms with E-state index in [2.05, 4.69) is 67.5 Å². The highest BCUT2D eigenvalue weighted by Gasteiger charge is 2.28. The van der Waals surface area contributed by atoms with Gasteiger partial charge in [-0.15, -0.1) is 0 Å². The highest BCUT2D eigenvalue weighted by molar-refractivity contribution is 6.38. The highest BCUT2D eigenvalue weighted by atomic mass is 19.4. The van der Waals surface area contributed by atoms with Gasteiger partial charge in [-0.2, -0.15) is 13.2 Å². The Morgan fingerprint density at radius 3 is 2.64 bits per heavy atom. The molecule has 1 N–H and O–H groups in total. The summed E-state index contributed by atoms with van der Waals surface area (Å²) in [6.45, 7) is 12.7. The maximum Gasteiger partial charge on any atom is 0.389 e. The van der Waals surface area contributed by atoms with Crippen LogP contribution in [0.1, 0.15) is 65.8 Å². The van der Waals surface area contributed by atoms with Gasteiger partial charge in [0.1, 0.15) is 0 Å². The molecule has 2 aromatic rings. The Morgan fingerprint density at radius 1 is 1.06 bits per heavy atom. The van der Waals surface area contributed by atoms with Gasteiger partial charge in [-0.25, -0.2) is 0 Å². The van der Waals surface area contributed by atoms with Crippen LogP contribution in [0.3, 0.4) is 0 Å². The largest absolute Gasteiger partial charge is 0.393 e. The number of alkyl halides is 3. The first kappa shape index (κ1) is 23.5. The Balaban J connectivity index is 1.38. The minimum Gasteiger partial charge on any atom is -0.393 e. The molecule has 2 aromatic carbocycles. The van der Waals surface area contributed by atoms with Crippen molar-refractivity contribution in [3.63, 3.8) is 0 Å². The molecule has 5 heteroatoms. The third-order valence-electron chi connectivity index (χ3n) is 6.98. The van der Waals surface area contributed by atoms with E-state index < -0.39 is 12.6 Å². The summed E-state index contributed by atoms with van der Waals surface area (Å²) in [6.07, 6.45) is -0.723. The summed E-state index contributed by atoms with van der Waals surface area (Å²) in [4.78, 5) is 0. The first-order valence-corrected chi connectivity index (χ1v) is 11.8. The van der Waals surface area contributed by atoms with Crippen LogP contribution in [0.5, 0.6) is 0 Å². The number of benzene rings is 2. The number of nitrogens with one attached hydrogen (secondary N) is 1. The Hall–Kier alpha value is -2.69. The zero-order valence-corrected chi connectivity index (χ0v) is 19.1. The van der Waals surface area contributed by atoms with Gasteiger partial charge in [-0.1, -0.05) is 62.2 Å². The number of halogens is 3. The Morgan fingerprint density at radius 2 is 1.85 bits per heavy atom. The van der Waals surface area contributed by atoms with Crippen molar-refractivity contribution in [2.45, 2.75) is 62.9 Å². The SMILES string of the molecule is C=C(CCCC(F)(F)F)NC1BCc2c(cccc2C(=C)CC2CC(=C)c3ccccc32)C1. The van der Waals surface area contributed by atoms with E-state index in [1.165, 1.54) is 39.0 Å². The summed E-state index contributed by atoms with van der Waals surface area (Å²) in [7, 11) is 0.943. The van der Waals surface area contributed by atoms with E-state index in [1.807, 2.05) is 0 Å². The standard InChI is InChI=1S/C28H31BF3N/c1-18-14-22(25-11-5-4-10-23(18)25)15-19(2)24-12-6-9-21-16-27(29-17-26(21)24)33-20(3)8-7-13-28(30,31)32/h4-6,9-12,22,27,29,33H,1-3,7-8,13-17H2. The van der Waals surface area contributed by atoms with Gasteiger partial charge in [-0.3, -0.25) is 0 Å². The number of hydrogen-bond acceptors (Lipinski definition) is 1. The molecule has 0 saturated carbocycles. The lowest BCUT2D eigenvalue weighted by atomic mass is 9.57. The van der Waals surface area contributed by atoms with Crippen molar-refractivity contribution < 1.29 is 13.2 Å². The normalized spacial score (nSPS) is 19.4. The van der Waals surface area contributed by atoms with E-state index in [1.54, 1.807) is 0 Å². The van der Waals surface area contributed by atoms with Crippen LogP contribution in [0.4, 0.5) is 13.2 Å². The van der Waals surface area contributed by atoms with E-state index in [0.29, 0.717) is 18.0 Å². The number of hydrogen-bond donors (Lipinski definition) is 1. The lowest BCUT2D eigenvalue weighted by Crippen LogP contribution is -2.40. The molecule has 0 spiro atoms. The average Bonchev–Trinajstić information content (AvgIpc) is 3.07. The first-order valence-electron chi connectivity index (χ1n) is 11.8. The topological polar surface area (TPSA) is 12.0 Å². The Labute approximate surface area is 195 Å². The van der Waals surface area contributed by atoms with Gasteiger partial charge in [0.15, 0.2) is 7.28 Å². The van der Waals surface area contributed by atoms with Crippen LogP contribution in [0.25, 0.3) is 11.1 Å². The molecule has 2 aliphatic rings. The quantitative estimate of drug-likeness (QED) is 0.431. The van der Waals surface area contributed by atoms with Crippen molar-refractivity contribution in [3.05, 3.63) is 95.7 Å². The zero-order chi connectivity index (χ0) is 23.6. The van der Waals surface area contributed by atoms with E-state index in [4.69, 9.17) is 0 Å². The fourth-order valence-corrected chi connectivity index (χ4v) is 5.41. The summed E-state index contributed by atoms with van der Waals surface area (Å²) in [5.41, 5.74) is 9.67. The van der Waals surface area contributed by atoms with Gasteiger partial charge in [0, 0.05) is 18.1 Å². The fourth-order valence-electron chi connectivity index (χ4n) is 5.41. The molecule has 0 fully saturated rings. The number of fused-ring (bicyclic) bond motifs is 2. The van der Waals surface area contributed by atoms with Crippen LogP contribution < -0.4 is 5.32 Å². The molecule has 1 heterocycles. The predicted molar refractivity (Wildman–Crippen MR) is 133 cm³/mol. The molecule has 0 radical (unpaired) electrons. The van der Waals surface area contributed by atoms with Crippen LogP contribution in [0.15, 0.2) is 67.9 Å². The summed E-state index contributed by atoms with van der Waals surface area (Å²) in [5.74, 6) is 0.638. The summed E-state index contributed by atoms with van der Waals surface area (Å²) >= 11 is 0. The lowest BCUT2D eigenvalue weighted by molar-refractivity contribution is -0.135. The second-order valence-electron chi connectivity index (χ2n) is 9.50. The smallest absolute Gasteiger partial charge is 0.389 e. The molecule has 4 rings (SSSR count). The summed E-state index contributed by atoms with van der Waals surface area (Å²) in [5, 5.41) is 3.38. The Bertz CT molecular complexity index is 1070. The Kier molecular flexibility index (Phi) is 6.87. The molecule has 1 nitrogen and oxygen atoms in total. The molecule has 0 saturated heterocycles. The van der Waals surface area contributed by atoms with Crippen molar-refractivity contribution in [2.75, 3.05) is 0 Å². The van der Waals surface area contributed by atoms with Gasteiger partial charge in [0.2, 0.25) is 0 Å². The molecule has 2 atom stereocenters. The molecule has 0 amide bonds. The molecule has 172 valence electrons. The zero-order valence-electron chi connectivity index (χ0n) is 19.1. The van der Waals surface area contributed by atoms with E-state index in [0.717, 1.165) is 32.9 Å². The van der Waals surface area contributed by atoms with Crippen LogP contribution in [-0.4, -0.2) is 19.4 Å². The van der Waals surface area contributed by atoms with Crippen molar-refractivity contribution in [3.8, 4) is 0 Å². The van der Waals surface area contributed by atoms with Crippen LogP contribution >= 0.6 is 0 Å². The maximum absolute atomic E-state index is 12.4. The molecule has 2 unspecified atom stereocenters. The van der Waals surface area contributed by atoms with Crippen molar-refractivity contribution in [1.82, 2.24) is 5.32 Å². The van der Waals surface area contributed by atoms with Crippen LogP contribution in [-0.2, 0) is 12.7 Å². The average molecular weight is 449 g/mol. The number of allylic oxidation sites excluding steroid dienone is 3. The third kappa shape index (κ3) is 5.63.